The lowest BCUT2D eigenvalue weighted by atomic mass is 9.92. The molecule has 1 aromatic rings. The summed E-state index contributed by atoms with van der Waals surface area (Å²) < 4.78 is 0. The average molecular weight is 274 g/mol. The van der Waals surface area contributed by atoms with Crippen molar-refractivity contribution < 1.29 is 0 Å². The van der Waals surface area contributed by atoms with Crippen LogP contribution in [0.4, 0.5) is 0 Å². The largest absolute Gasteiger partial charge is 0.314 e. The van der Waals surface area contributed by atoms with E-state index in [4.69, 9.17) is 0 Å². The van der Waals surface area contributed by atoms with Crippen LogP contribution in [-0.2, 0) is 0 Å². The van der Waals surface area contributed by atoms with Gasteiger partial charge in [0.25, 0.3) is 0 Å². The summed E-state index contributed by atoms with van der Waals surface area (Å²) in [6.45, 7) is 10.0. The molecule has 3 nitrogen and oxygen atoms in total. The molecule has 0 aliphatic carbocycles. The number of hydrogen-bond donors (Lipinski definition) is 1. The zero-order valence-corrected chi connectivity index (χ0v) is 12.9. The third-order valence-electron chi connectivity index (χ3n) is 4.13. The third-order valence-corrected chi connectivity index (χ3v) is 4.13. The lowest BCUT2D eigenvalue weighted by Crippen LogP contribution is -2.53. The summed E-state index contributed by atoms with van der Waals surface area (Å²) in [4.78, 5) is 4.88. The van der Waals surface area contributed by atoms with Crippen LogP contribution in [-0.4, -0.2) is 62.7 Å². The Balaban J connectivity index is 1.91. The van der Waals surface area contributed by atoms with E-state index in [9.17, 15) is 0 Å². The van der Waals surface area contributed by atoms with Crippen LogP contribution in [0.5, 0.6) is 0 Å². The second-order valence-corrected chi connectivity index (χ2v) is 6.04. The predicted octanol–water partition coefficient (Wildman–Crippen LogP) is 1.83. The van der Waals surface area contributed by atoms with Crippen LogP contribution in [0.1, 0.15) is 17.9 Å². The van der Waals surface area contributed by atoms with Crippen molar-refractivity contribution in [2.45, 2.75) is 18.4 Å². The van der Waals surface area contributed by atoms with Gasteiger partial charge in [0.05, 0.1) is 0 Å². The molecular weight excluding hydrogens is 246 g/mol. The summed E-state index contributed by atoms with van der Waals surface area (Å²) in [6, 6.07) is 11.3. The normalized spacial score (nSPS) is 22.1. The Bertz CT molecular complexity index is 377. The van der Waals surface area contributed by atoms with Gasteiger partial charge in [-0.25, -0.2) is 0 Å². The maximum absolute atomic E-state index is 4.37. The quantitative estimate of drug-likeness (QED) is 0.854. The maximum atomic E-state index is 4.37. The van der Waals surface area contributed by atoms with E-state index in [0.29, 0.717) is 12.0 Å². The molecule has 0 spiro atoms. The van der Waals surface area contributed by atoms with Crippen LogP contribution in [0.25, 0.3) is 0 Å². The zero-order valence-electron chi connectivity index (χ0n) is 12.9. The van der Waals surface area contributed by atoms with Gasteiger partial charge in [-0.2, -0.15) is 0 Å². The molecule has 2 atom stereocenters. The van der Waals surface area contributed by atoms with E-state index < -0.39 is 0 Å². The lowest BCUT2D eigenvalue weighted by Gasteiger charge is -2.38. The van der Waals surface area contributed by atoms with Crippen LogP contribution in [0.3, 0.4) is 0 Å². The Labute approximate surface area is 124 Å². The van der Waals surface area contributed by atoms with Crippen molar-refractivity contribution >= 4 is 0 Å². The van der Waals surface area contributed by atoms with Gasteiger partial charge < -0.3 is 10.2 Å². The van der Waals surface area contributed by atoms with Gasteiger partial charge in [0.1, 0.15) is 0 Å². The molecule has 2 unspecified atom stereocenters. The van der Waals surface area contributed by atoms with E-state index >= 15 is 0 Å². The molecular formula is C17H28N3. The van der Waals surface area contributed by atoms with Gasteiger partial charge in [-0.15, -0.1) is 0 Å². The number of nitrogens with zero attached hydrogens (tertiary/aromatic N) is 2. The first kappa shape index (κ1) is 15.5. The summed E-state index contributed by atoms with van der Waals surface area (Å²) in [5, 5.41) is 3.53. The van der Waals surface area contributed by atoms with Crippen molar-refractivity contribution in [2.24, 2.45) is 0 Å². The van der Waals surface area contributed by atoms with Gasteiger partial charge in [-0.1, -0.05) is 30.3 Å². The minimum Gasteiger partial charge on any atom is -0.314 e. The van der Waals surface area contributed by atoms with Gasteiger partial charge in [-0.05, 0) is 38.9 Å². The van der Waals surface area contributed by atoms with Crippen LogP contribution < -0.4 is 5.32 Å². The Kier molecular flexibility index (Phi) is 6.02. The Morgan fingerprint density at radius 2 is 2.10 bits per heavy atom. The molecule has 1 N–H and O–H groups in total. The molecule has 20 heavy (non-hydrogen) atoms. The fourth-order valence-electron chi connectivity index (χ4n) is 2.85. The SMILES string of the molecule is [CH2]C(CC1CNCCN1CCN(C)C)c1ccccc1. The molecule has 1 aliphatic rings. The van der Waals surface area contributed by atoms with Gasteiger partial charge >= 0.3 is 0 Å². The maximum Gasteiger partial charge on any atom is 0.0227 e. The Morgan fingerprint density at radius 1 is 1.35 bits per heavy atom. The molecule has 1 radical (unpaired) electrons. The molecule has 0 amide bonds. The molecule has 1 aliphatic heterocycles. The van der Waals surface area contributed by atoms with E-state index in [2.05, 4.69) is 66.5 Å². The van der Waals surface area contributed by atoms with Crippen molar-refractivity contribution in [3.8, 4) is 0 Å². The molecule has 0 saturated carbocycles. The average Bonchev–Trinajstić information content (AvgIpc) is 2.47. The molecule has 1 fully saturated rings. The molecule has 111 valence electrons. The number of rotatable bonds is 6. The van der Waals surface area contributed by atoms with Gasteiger partial charge in [0.2, 0.25) is 0 Å². The van der Waals surface area contributed by atoms with Gasteiger partial charge in [0, 0.05) is 38.8 Å². The lowest BCUT2D eigenvalue weighted by molar-refractivity contribution is 0.138. The Morgan fingerprint density at radius 3 is 2.80 bits per heavy atom. The predicted molar refractivity (Wildman–Crippen MR) is 85.9 cm³/mol. The monoisotopic (exact) mass is 274 g/mol. The van der Waals surface area contributed by atoms with Crippen LogP contribution in [0, 0.1) is 6.92 Å². The molecule has 1 aromatic carbocycles. The summed E-state index contributed by atoms with van der Waals surface area (Å²) in [5.41, 5.74) is 1.35. The first-order valence-corrected chi connectivity index (χ1v) is 7.64. The fraction of sp³-hybridized carbons (Fsp3) is 0.588. The second kappa shape index (κ2) is 7.77. The van der Waals surface area contributed by atoms with Crippen LogP contribution >= 0.6 is 0 Å². The standard InChI is InChI=1S/C17H28N3/c1-15(16-7-5-4-6-8-16)13-17-14-18-9-10-20(17)12-11-19(2)3/h4-8,15,17-18H,1,9-14H2,2-3H3. The third kappa shape index (κ3) is 4.58. The van der Waals surface area contributed by atoms with E-state index in [1.165, 1.54) is 5.56 Å². The highest BCUT2D eigenvalue weighted by Crippen LogP contribution is 2.22. The highest BCUT2D eigenvalue weighted by atomic mass is 15.2. The molecule has 1 heterocycles. The van der Waals surface area contributed by atoms with Crippen molar-refractivity contribution in [1.29, 1.82) is 0 Å². The topological polar surface area (TPSA) is 18.5 Å². The van der Waals surface area contributed by atoms with Crippen molar-refractivity contribution in [1.82, 2.24) is 15.1 Å². The smallest absolute Gasteiger partial charge is 0.0227 e. The summed E-state index contributed by atoms with van der Waals surface area (Å²) in [6.07, 6.45) is 1.13. The van der Waals surface area contributed by atoms with Crippen molar-refractivity contribution in [2.75, 3.05) is 46.8 Å². The summed E-state index contributed by atoms with van der Waals surface area (Å²) >= 11 is 0. The minimum atomic E-state index is 0.378. The molecule has 0 bridgehead atoms. The van der Waals surface area contributed by atoms with E-state index in [-0.39, 0.29) is 0 Å². The number of likely N-dealkylation sites (N-methyl/N-ethyl adjacent to an activating group) is 1. The highest BCUT2D eigenvalue weighted by Gasteiger charge is 2.24. The van der Waals surface area contributed by atoms with Gasteiger partial charge in [0.15, 0.2) is 0 Å². The molecule has 2 rings (SSSR count). The summed E-state index contributed by atoms with van der Waals surface area (Å²) in [5.74, 6) is 0.378. The molecule has 3 heteroatoms. The fourth-order valence-corrected chi connectivity index (χ4v) is 2.85. The zero-order chi connectivity index (χ0) is 14.4. The highest BCUT2D eigenvalue weighted by molar-refractivity contribution is 5.20. The number of piperazine rings is 1. The van der Waals surface area contributed by atoms with E-state index in [0.717, 1.165) is 39.1 Å². The molecule has 1 saturated heterocycles. The summed E-state index contributed by atoms with van der Waals surface area (Å²) in [7, 11) is 4.29. The minimum absolute atomic E-state index is 0.378. The number of benzene rings is 1. The Hall–Kier alpha value is -0.900. The van der Waals surface area contributed by atoms with Gasteiger partial charge in [-0.3, -0.25) is 4.90 Å². The number of hydrogen-bond acceptors (Lipinski definition) is 3. The first-order valence-electron chi connectivity index (χ1n) is 7.64. The van der Waals surface area contributed by atoms with E-state index in [1.54, 1.807) is 0 Å². The second-order valence-electron chi connectivity index (χ2n) is 6.04. The van der Waals surface area contributed by atoms with Crippen LogP contribution in [0.2, 0.25) is 0 Å². The van der Waals surface area contributed by atoms with E-state index in [1.807, 2.05) is 0 Å². The molecule has 0 aromatic heterocycles. The van der Waals surface area contributed by atoms with Crippen molar-refractivity contribution in [3.05, 3.63) is 42.8 Å². The first-order chi connectivity index (χ1) is 9.66. The van der Waals surface area contributed by atoms with Crippen LogP contribution in [0.15, 0.2) is 30.3 Å². The number of nitrogens with one attached hydrogen (secondary N) is 1. The van der Waals surface area contributed by atoms with Crippen molar-refractivity contribution in [3.63, 3.8) is 0 Å².